The van der Waals surface area contributed by atoms with Gasteiger partial charge in [0.25, 0.3) is 0 Å². The van der Waals surface area contributed by atoms with Gasteiger partial charge in [-0.25, -0.2) is 0 Å². The molecular formula is C43H58N2. The lowest BCUT2D eigenvalue weighted by Crippen LogP contribution is -2.06. The van der Waals surface area contributed by atoms with E-state index in [2.05, 4.69) is 106 Å². The molecule has 240 valence electrons. The molecule has 2 heteroatoms. The van der Waals surface area contributed by atoms with E-state index in [-0.39, 0.29) is 0 Å². The van der Waals surface area contributed by atoms with Crippen LogP contribution in [0.3, 0.4) is 0 Å². The van der Waals surface area contributed by atoms with E-state index in [0.717, 1.165) is 17.8 Å². The molecular weight excluding hydrogens is 544 g/mol. The molecule has 0 aliphatic carbocycles. The van der Waals surface area contributed by atoms with E-state index in [4.69, 9.17) is 11.5 Å². The lowest BCUT2D eigenvalue weighted by molar-refractivity contribution is 0.562. The van der Waals surface area contributed by atoms with Crippen molar-refractivity contribution in [2.75, 3.05) is 11.5 Å². The third-order valence-electron chi connectivity index (χ3n) is 9.70. The van der Waals surface area contributed by atoms with Crippen molar-refractivity contribution in [2.24, 2.45) is 0 Å². The molecule has 0 saturated heterocycles. The molecule has 0 heterocycles. The Bertz CT molecular complexity index is 1350. The van der Waals surface area contributed by atoms with Crippen LogP contribution >= 0.6 is 0 Å². The third kappa shape index (κ3) is 10.5. The zero-order valence-corrected chi connectivity index (χ0v) is 28.3. The average Bonchev–Trinajstić information content (AvgIpc) is 3.07. The lowest BCUT2D eigenvalue weighted by atomic mass is 9.83. The highest BCUT2D eigenvalue weighted by molar-refractivity contribution is 5.44. The van der Waals surface area contributed by atoms with Crippen molar-refractivity contribution in [3.63, 3.8) is 0 Å². The highest BCUT2D eigenvalue weighted by Crippen LogP contribution is 2.35. The number of hydrogen-bond acceptors (Lipinski definition) is 2. The van der Waals surface area contributed by atoms with Crippen LogP contribution in [0, 0.1) is 0 Å². The van der Waals surface area contributed by atoms with E-state index in [1.165, 1.54) is 110 Å². The zero-order valence-electron chi connectivity index (χ0n) is 28.3. The first-order chi connectivity index (χ1) is 22.0. The van der Waals surface area contributed by atoms with Gasteiger partial charge in [-0.1, -0.05) is 151 Å². The molecule has 0 aromatic heterocycles. The number of nitrogens with two attached hydrogens (primary N) is 2. The maximum Gasteiger partial charge on any atom is 0.0314 e. The van der Waals surface area contributed by atoms with Gasteiger partial charge in [0, 0.05) is 23.2 Å². The highest BCUT2D eigenvalue weighted by Gasteiger charge is 2.18. The molecule has 3 atom stereocenters. The molecule has 4 rings (SSSR count). The Hall–Kier alpha value is -3.52. The van der Waals surface area contributed by atoms with Crippen molar-refractivity contribution < 1.29 is 0 Å². The van der Waals surface area contributed by atoms with E-state index >= 15 is 0 Å². The van der Waals surface area contributed by atoms with Gasteiger partial charge >= 0.3 is 0 Å². The molecule has 0 spiro atoms. The summed E-state index contributed by atoms with van der Waals surface area (Å²) in [6, 6.07) is 36.3. The fraction of sp³-hybridized carbons (Fsp3) is 0.442. The third-order valence-corrected chi connectivity index (χ3v) is 9.70. The number of unbranched alkanes of at least 4 members (excludes halogenated alkanes) is 6. The molecule has 0 saturated carbocycles. The van der Waals surface area contributed by atoms with Crippen molar-refractivity contribution in [2.45, 2.75) is 122 Å². The highest BCUT2D eigenvalue weighted by atomic mass is 14.5. The second-order valence-electron chi connectivity index (χ2n) is 13.2. The Morgan fingerprint density at radius 3 is 1.13 bits per heavy atom. The fourth-order valence-electron chi connectivity index (χ4n) is 6.90. The number of anilines is 2. The van der Waals surface area contributed by atoms with Crippen molar-refractivity contribution in [3.05, 3.63) is 130 Å². The zero-order chi connectivity index (χ0) is 31.9. The number of hydrogen-bond donors (Lipinski definition) is 2. The van der Waals surface area contributed by atoms with Crippen molar-refractivity contribution in [1.29, 1.82) is 0 Å². The van der Waals surface area contributed by atoms with Crippen molar-refractivity contribution in [1.82, 2.24) is 0 Å². The summed E-state index contributed by atoms with van der Waals surface area (Å²) in [4.78, 5) is 0. The minimum absolute atomic E-state index is 0.420. The Kier molecular flexibility index (Phi) is 14.1. The molecule has 0 amide bonds. The molecule has 0 bridgehead atoms. The normalized spacial score (nSPS) is 13.4. The van der Waals surface area contributed by atoms with Crippen LogP contribution in [0.25, 0.3) is 0 Å². The number of benzene rings is 4. The van der Waals surface area contributed by atoms with Gasteiger partial charge in [0.15, 0.2) is 0 Å². The molecule has 0 radical (unpaired) electrons. The molecule has 4 N–H and O–H groups in total. The topological polar surface area (TPSA) is 52.0 Å². The average molecular weight is 603 g/mol. The lowest BCUT2D eigenvalue weighted by Gasteiger charge is -2.22. The van der Waals surface area contributed by atoms with Crippen LogP contribution in [0.5, 0.6) is 0 Å². The molecule has 0 fully saturated rings. The SMILES string of the molecule is CCCCCC(Cc1ccc(C(CCCCC)c2ccc(N)cc2)cc1)c1ccc(C(CCCCC)c2ccc(N)cc2)cc1. The number of nitrogen functional groups attached to an aromatic ring is 2. The van der Waals surface area contributed by atoms with E-state index in [0.29, 0.717) is 17.8 Å². The molecule has 3 unspecified atom stereocenters. The molecule has 4 aromatic rings. The van der Waals surface area contributed by atoms with Gasteiger partial charge in [-0.15, -0.1) is 0 Å². The van der Waals surface area contributed by atoms with Gasteiger partial charge in [0.1, 0.15) is 0 Å². The summed E-state index contributed by atoms with van der Waals surface area (Å²) in [7, 11) is 0. The summed E-state index contributed by atoms with van der Waals surface area (Å²) in [5.74, 6) is 1.37. The van der Waals surface area contributed by atoms with Gasteiger partial charge in [0.2, 0.25) is 0 Å². The first-order valence-corrected chi connectivity index (χ1v) is 17.9. The van der Waals surface area contributed by atoms with E-state index in [9.17, 15) is 0 Å². The van der Waals surface area contributed by atoms with Crippen LogP contribution in [-0.4, -0.2) is 0 Å². The minimum Gasteiger partial charge on any atom is -0.399 e. The first-order valence-electron chi connectivity index (χ1n) is 17.9. The van der Waals surface area contributed by atoms with E-state index in [1.807, 2.05) is 12.1 Å². The largest absolute Gasteiger partial charge is 0.399 e. The predicted octanol–water partition coefficient (Wildman–Crippen LogP) is 12.2. The number of rotatable bonds is 19. The molecule has 4 aromatic carbocycles. The summed E-state index contributed by atoms with van der Waals surface area (Å²) in [6.07, 6.45) is 16.1. The van der Waals surface area contributed by atoms with Gasteiger partial charge < -0.3 is 11.5 Å². The summed E-state index contributed by atoms with van der Waals surface area (Å²) in [5.41, 5.74) is 22.2. The van der Waals surface area contributed by atoms with Gasteiger partial charge in [-0.3, -0.25) is 0 Å². The molecule has 2 nitrogen and oxygen atoms in total. The van der Waals surface area contributed by atoms with Crippen LogP contribution in [-0.2, 0) is 6.42 Å². The van der Waals surface area contributed by atoms with Crippen molar-refractivity contribution in [3.8, 4) is 0 Å². The molecule has 0 aliphatic rings. The second-order valence-corrected chi connectivity index (χ2v) is 13.2. The smallest absolute Gasteiger partial charge is 0.0314 e. The standard InChI is InChI=1S/C43H58N2/c1-4-7-10-13-39(34-20-22-36(23-21-34)43(15-12-9-6-3)38-26-30-41(45)31-27-38)32-33-16-18-35(19-17-33)42(14-11-8-5-2)37-24-28-40(44)29-25-37/h16-31,39,42-43H,4-15,32,44-45H2,1-3H3. The van der Waals surface area contributed by atoms with Crippen LogP contribution in [0.4, 0.5) is 11.4 Å². The second kappa shape index (κ2) is 18.4. The Morgan fingerprint density at radius 2 is 0.733 bits per heavy atom. The first kappa shape index (κ1) is 34.4. The summed E-state index contributed by atoms with van der Waals surface area (Å²) in [5, 5.41) is 0. The van der Waals surface area contributed by atoms with Crippen LogP contribution in [0.15, 0.2) is 97.1 Å². The summed E-state index contributed by atoms with van der Waals surface area (Å²) < 4.78 is 0. The van der Waals surface area contributed by atoms with Gasteiger partial charge in [-0.2, -0.15) is 0 Å². The predicted molar refractivity (Wildman–Crippen MR) is 197 cm³/mol. The maximum atomic E-state index is 6.03. The van der Waals surface area contributed by atoms with Crippen LogP contribution in [0.1, 0.15) is 149 Å². The quantitative estimate of drug-likeness (QED) is 0.0828. The van der Waals surface area contributed by atoms with Crippen LogP contribution < -0.4 is 11.5 Å². The van der Waals surface area contributed by atoms with E-state index < -0.39 is 0 Å². The fourth-order valence-corrected chi connectivity index (χ4v) is 6.90. The van der Waals surface area contributed by atoms with Crippen LogP contribution in [0.2, 0.25) is 0 Å². The Labute approximate surface area is 274 Å². The van der Waals surface area contributed by atoms with Crippen molar-refractivity contribution >= 4 is 11.4 Å². The van der Waals surface area contributed by atoms with Gasteiger partial charge in [-0.05, 0) is 89.2 Å². The Morgan fingerprint density at radius 1 is 0.400 bits per heavy atom. The summed E-state index contributed by atoms with van der Waals surface area (Å²) >= 11 is 0. The monoisotopic (exact) mass is 602 g/mol. The summed E-state index contributed by atoms with van der Waals surface area (Å²) in [6.45, 7) is 6.87. The maximum absolute atomic E-state index is 6.03. The molecule has 0 aliphatic heterocycles. The molecule has 45 heavy (non-hydrogen) atoms. The Balaban J connectivity index is 1.53. The van der Waals surface area contributed by atoms with Gasteiger partial charge in [0.05, 0.1) is 0 Å². The minimum atomic E-state index is 0.420. The van der Waals surface area contributed by atoms with E-state index in [1.54, 1.807) is 0 Å².